The molecular formula is C22H20N4. The fourth-order valence-electron chi connectivity index (χ4n) is 2.96. The summed E-state index contributed by atoms with van der Waals surface area (Å²) in [5.74, 6) is 0. The van der Waals surface area contributed by atoms with E-state index in [1.165, 1.54) is 0 Å². The number of anilines is 6. The molecule has 0 aromatic heterocycles. The third-order valence-corrected chi connectivity index (χ3v) is 4.28. The molecule has 0 amide bonds. The van der Waals surface area contributed by atoms with Crippen molar-refractivity contribution >= 4 is 44.9 Å². The molecule has 0 saturated heterocycles. The van der Waals surface area contributed by atoms with Crippen LogP contribution in [0.1, 0.15) is 0 Å². The van der Waals surface area contributed by atoms with Crippen LogP contribution in [0.5, 0.6) is 0 Å². The van der Waals surface area contributed by atoms with Crippen molar-refractivity contribution < 1.29 is 0 Å². The summed E-state index contributed by atoms with van der Waals surface area (Å²) in [6, 6.07) is 27.9. The van der Waals surface area contributed by atoms with E-state index in [1.54, 1.807) is 0 Å². The van der Waals surface area contributed by atoms with Crippen molar-refractivity contribution in [2.45, 2.75) is 0 Å². The predicted molar refractivity (Wildman–Crippen MR) is 112 cm³/mol. The first-order chi connectivity index (χ1) is 12.7. The molecule has 0 fully saturated rings. The van der Waals surface area contributed by atoms with Crippen LogP contribution in [0.3, 0.4) is 0 Å². The van der Waals surface area contributed by atoms with E-state index < -0.39 is 0 Å². The molecule has 0 unspecified atom stereocenters. The van der Waals surface area contributed by atoms with Crippen LogP contribution in [-0.2, 0) is 0 Å². The molecule has 0 spiro atoms. The first kappa shape index (κ1) is 15.8. The summed E-state index contributed by atoms with van der Waals surface area (Å²) < 4.78 is 0. The van der Waals surface area contributed by atoms with E-state index in [1.807, 2.05) is 84.9 Å². The van der Waals surface area contributed by atoms with E-state index in [9.17, 15) is 0 Å². The van der Waals surface area contributed by atoms with Gasteiger partial charge in [-0.15, -0.1) is 0 Å². The van der Waals surface area contributed by atoms with Crippen molar-refractivity contribution in [3.63, 3.8) is 0 Å². The van der Waals surface area contributed by atoms with E-state index in [2.05, 4.69) is 10.6 Å². The van der Waals surface area contributed by atoms with Crippen molar-refractivity contribution in [2.24, 2.45) is 0 Å². The Hall–Kier alpha value is -3.66. The lowest BCUT2D eigenvalue weighted by atomic mass is 10.1. The van der Waals surface area contributed by atoms with Crippen molar-refractivity contribution in [1.82, 2.24) is 0 Å². The first-order valence-corrected chi connectivity index (χ1v) is 8.46. The van der Waals surface area contributed by atoms with Crippen LogP contribution in [0.25, 0.3) is 10.8 Å². The van der Waals surface area contributed by atoms with Crippen molar-refractivity contribution in [1.29, 1.82) is 0 Å². The van der Waals surface area contributed by atoms with Crippen LogP contribution in [0.4, 0.5) is 34.1 Å². The van der Waals surface area contributed by atoms with Gasteiger partial charge in [0.25, 0.3) is 0 Å². The molecule has 0 heterocycles. The summed E-state index contributed by atoms with van der Waals surface area (Å²) in [5.41, 5.74) is 17.6. The number of nitrogens with one attached hydrogen (secondary N) is 2. The number of fused-ring (bicyclic) bond motifs is 1. The number of benzene rings is 4. The molecule has 0 atom stereocenters. The maximum absolute atomic E-state index is 6.26. The highest BCUT2D eigenvalue weighted by Crippen LogP contribution is 2.34. The normalized spacial score (nSPS) is 10.6. The number of nitrogen functional groups attached to an aromatic ring is 2. The maximum atomic E-state index is 6.26. The SMILES string of the molecule is Nc1cc2cc(Nc3ccccc3)c(N)cc2cc1Nc1ccccc1. The zero-order valence-electron chi connectivity index (χ0n) is 14.2. The molecule has 4 rings (SSSR count). The smallest absolute Gasteiger partial charge is 0.0624 e. The zero-order chi connectivity index (χ0) is 17.9. The van der Waals surface area contributed by atoms with Gasteiger partial charge >= 0.3 is 0 Å². The Morgan fingerprint density at radius 3 is 1.27 bits per heavy atom. The minimum absolute atomic E-state index is 0.691. The summed E-state index contributed by atoms with van der Waals surface area (Å²) in [5, 5.41) is 8.79. The molecule has 0 radical (unpaired) electrons. The fourth-order valence-corrected chi connectivity index (χ4v) is 2.96. The van der Waals surface area contributed by atoms with Gasteiger partial charge in [-0.25, -0.2) is 0 Å². The molecule has 0 saturated carbocycles. The number of nitrogens with two attached hydrogens (primary N) is 2. The highest BCUT2D eigenvalue weighted by atomic mass is 14.9. The van der Waals surface area contributed by atoms with Gasteiger partial charge in [0.15, 0.2) is 0 Å². The Labute approximate surface area is 152 Å². The number of para-hydroxylation sites is 2. The third-order valence-electron chi connectivity index (χ3n) is 4.28. The Bertz CT molecular complexity index is 957. The number of hydrogen-bond acceptors (Lipinski definition) is 4. The van der Waals surface area contributed by atoms with E-state index in [0.29, 0.717) is 11.4 Å². The largest absolute Gasteiger partial charge is 0.397 e. The van der Waals surface area contributed by atoms with E-state index in [0.717, 1.165) is 33.5 Å². The summed E-state index contributed by atoms with van der Waals surface area (Å²) in [7, 11) is 0. The second-order valence-electron chi connectivity index (χ2n) is 6.21. The van der Waals surface area contributed by atoms with Gasteiger partial charge < -0.3 is 22.1 Å². The molecule has 0 aliphatic heterocycles. The second-order valence-corrected chi connectivity index (χ2v) is 6.21. The topological polar surface area (TPSA) is 76.1 Å². The van der Waals surface area contributed by atoms with E-state index >= 15 is 0 Å². The van der Waals surface area contributed by atoms with Crippen LogP contribution >= 0.6 is 0 Å². The maximum Gasteiger partial charge on any atom is 0.0624 e. The fraction of sp³-hybridized carbons (Fsp3) is 0. The minimum Gasteiger partial charge on any atom is -0.397 e. The molecule has 0 aliphatic carbocycles. The molecule has 0 bridgehead atoms. The molecule has 4 aromatic rings. The lowest BCUT2D eigenvalue weighted by Crippen LogP contribution is -1.99. The van der Waals surface area contributed by atoms with E-state index in [4.69, 9.17) is 11.5 Å². The first-order valence-electron chi connectivity index (χ1n) is 8.46. The second kappa shape index (κ2) is 6.69. The standard InChI is InChI=1S/C22H20N4/c23-19-11-16-14-22(26-18-9-5-2-6-10-18)20(24)12-15(16)13-21(19)25-17-7-3-1-4-8-17/h1-14,25-26H,23-24H2. The third kappa shape index (κ3) is 3.26. The highest BCUT2D eigenvalue weighted by Gasteiger charge is 2.07. The van der Waals surface area contributed by atoms with Crippen LogP contribution in [-0.4, -0.2) is 0 Å². The lowest BCUT2D eigenvalue weighted by molar-refractivity contribution is 1.55. The summed E-state index contributed by atoms with van der Waals surface area (Å²) in [4.78, 5) is 0. The molecule has 4 nitrogen and oxygen atoms in total. The number of hydrogen-bond donors (Lipinski definition) is 4. The van der Waals surface area contributed by atoms with Gasteiger partial charge in [0.05, 0.1) is 22.7 Å². The predicted octanol–water partition coefficient (Wildman–Crippen LogP) is 5.49. The van der Waals surface area contributed by atoms with Gasteiger partial charge in [-0.3, -0.25) is 0 Å². The monoisotopic (exact) mass is 340 g/mol. The Morgan fingerprint density at radius 2 is 0.885 bits per heavy atom. The van der Waals surface area contributed by atoms with Crippen molar-refractivity contribution in [3.8, 4) is 0 Å². The molecule has 4 aromatic carbocycles. The summed E-state index contributed by atoms with van der Waals surface area (Å²) >= 11 is 0. The van der Waals surface area contributed by atoms with Crippen LogP contribution in [0, 0.1) is 0 Å². The van der Waals surface area contributed by atoms with Gasteiger partial charge in [-0.1, -0.05) is 36.4 Å². The number of rotatable bonds is 4. The quantitative estimate of drug-likeness (QED) is 0.370. The molecule has 128 valence electrons. The molecular weight excluding hydrogens is 320 g/mol. The Kier molecular flexibility index (Phi) is 4.07. The zero-order valence-corrected chi connectivity index (χ0v) is 14.2. The van der Waals surface area contributed by atoms with E-state index in [-0.39, 0.29) is 0 Å². The van der Waals surface area contributed by atoms with Gasteiger partial charge in [-0.05, 0) is 59.3 Å². The summed E-state index contributed by atoms with van der Waals surface area (Å²) in [6.07, 6.45) is 0. The molecule has 26 heavy (non-hydrogen) atoms. The van der Waals surface area contributed by atoms with Crippen LogP contribution in [0.15, 0.2) is 84.9 Å². The van der Waals surface area contributed by atoms with Crippen LogP contribution in [0.2, 0.25) is 0 Å². The molecule has 0 aliphatic rings. The van der Waals surface area contributed by atoms with Gasteiger partial charge in [-0.2, -0.15) is 0 Å². The Morgan fingerprint density at radius 1 is 0.500 bits per heavy atom. The highest BCUT2D eigenvalue weighted by molar-refractivity contribution is 5.98. The minimum atomic E-state index is 0.691. The average Bonchev–Trinajstić information content (AvgIpc) is 2.65. The average molecular weight is 340 g/mol. The van der Waals surface area contributed by atoms with Gasteiger partial charge in [0.1, 0.15) is 0 Å². The van der Waals surface area contributed by atoms with Gasteiger partial charge in [0, 0.05) is 11.4 Å². The summed E-state index contributed by atoms with van der Waals surface area (Å²) in [6.45, 7) is 0. The van der Waals surface area contributed by atoms with Crippen molar-refractivity contribution in [2.75, 3.05) is 22.1 Å². The molecule has 6 N–H and O–H groups in total. The van der Waals surface area contributed by atoms with Gasteiger partial charge in [0.2, 0.25) is 0 Å². The van der Waals surface area contributed by atoms with Crippen LogP contribution < -0.4 is 22.1 Å². The van der Waals surface area contributed by atoms with Crippen molar-refractivity contribution in [3.05, 3.63) is 84.9 Å². The molecule has 4 heteroatoms. The lowest BCUT2D eigenvalue weighted by Gasteiger charge is -2.14. The Balaban J connectivity index is 1.70.